The second-order valence-corrected chi connectivity index (χ2v) is 6.87. The number of rotatable bonds is 7. The summed E-state index contributed by atoms with van der Waals surface area (Å²) in [6.45, 7) is 1.13. The lowest BCUT2D eigenvalue weighted by atomic mass is 10.1. The largest absolute Gasteiger partial charge is 0.394 e. The molecule has 0 saturated heterocycles. The highest BCUT2D eigenvalue weighted by atomic mass is 32.2. The van der Waals surface area contributed by atoms with Gasteiger partial charge in [0.2, 0.25) is 0 Å². The van der Waals surface area contributed by atoms with Crippen LogP contribution in [0.1, 0.15) is 12.5 Å². The van der Waals surface area contributed by atoms with Crippen molar-refractivity contribution in [2.24, 2.45) is 0 Å². The zero-order valence-electron chi connectivity index (χ0n) is 11.2. The fraction of sp³-hybridized carbons (Fsp3) is 0.462. The van der Waals surface area contributed by atoms with Crippen LogP contribution in [0.3, 0.4) is 0 Å². The molecule has 0 bridgehead atoms. The van der Waals surface area contributed by atoms with Gasteiger partial charge in [0.1, 0.15) is 0 Å². The number of benzene rings is 1. The summed E-state index contributed by atoms with van der Waals surface area (Å²) < 4.78 is 24.1. The Morgan fingerprint density at radius 3 is 2.25 bits per heavy atom. The molecule has 1 rings (SSSR count). The van der Waals surface area contributed by atoms with Gasteiger partial charge in [-0.1, -0.05) is 0 Å². The van der Waals surface area contributed by atoms with Gasteiger partial charge in [-0.05, 0) is 31.2 Å². The Kier molecular flexibility index (Phi) is 5.65. The van der Waals surface area contributed by atoms with E-state index >= 15 is 0 Å². The number of aliphatic hydroxyl groups is 2. The van der Waals surface area contributed by atoms with E-state index in [9.17, 15) is 8.42 Å². The maximum Gasteiger partial charge on any atom is 0.179 e. The molecular formula is C13H18N2O4S. The molecule has 0 radical (unpaired) electrons. The van der Waals surface area contributed by atoms with Gasteiger partial charge >= 0.3 is 0 Å². The minimum Gasteiger partial charge on any atom is -0.394 e. The third-order valence-corrected chi connectivity index (χ3v) is 4.70. The number of aliphatic hydroxyl groups excluding tert-OH is 2. The Bertz CT molecular complexity index is 571. The fourth-order valence-electron chi connectivity index (χ4n) is 1.50. The topological polar surface area (TPSA) is 110 Å². The summed E-state index contributed by atoms with van der Waals surface area (Å²) >= 11 is 0. The lowest BCUT2D eigenvalue weighted by Crippen LogP contribution is -2.50. The van der Waals surface area contributed by atoms with Crippen molar-refractivity contribution >= 4 is 9.84 Å². The smallest absolute Gasteiger partial charge is 0.179 e. The summed E-state index contributed by atoms with van der Waals surface area (Å²) in [4.78, 5) is 0.146. The number of nitriles is 1. The first kappa shape index (κ1) is 16.6. The summed E-state index contributed by atoms with van der Waals surface area (Å²) in [6.07, 6.45) is 0. The highest BCUT2D eigenvalue weighted by Crippen LogP contribution is 2.12. The van der Waals surface area contributed by atoms with Crippen LogP contribution in [-0.2, 0) is 9.84 Å². The Morgan fingerprint density at radius 2 is 1.80 bits per heavy atom. The zero-order valence-corrected chi connectivity index (χ0v) is 12.0. The van der Waals surface area contributed by atoms with E-state index in [1.807, 2.05) is 6.07 Å². The van der Waals surface area contributed by atoms with Crippen LogP contribution in [0.2, 0.25) is 0 Å². The number of hydrogen-bond donors (Lipinski definition) is 3. The van der Waals surface area contributed by atoms with Gasteiger partial charge in [-0.15, -0.1) is 0 Å². The molecule has 0 amide bonds. The van der Waals surface area contributed by atoms with Gasteiger partial charge in [-0.3, -0.25) is 0 Å². The first-order valence-corrected chi connectivity index (χ1v) is 7.72. The van der Waals surface area contributed by atoms with Crippen LogP contribution in [0.4, 0.5) is 0 Å². The van der Waals surface area contributed by atoms with E-state index in [-0.39, 0.29) is 30.4 Å². The molecule has 20 heavy (non-hydrogen) atoms. The molecule has 0 aliphatic rings. The van der Waals surface area contributed by atoms with E-state index in [1.165, 1.54) is 24.3 Å². The number of hydrogen-bond acceptors (Lipinski definition) is 6. The van der Waals surface area contributed by atoms with Crippen molar-refractivity contribution in [3.63, 3.8) is 0 Å². The van der Waals surface area contributed by atoms with E-state index < -0.39 is 15.4 Å². The second-order valence-electron chi connectivity index (χ2n) is 4.76. The van der Waals surface area contributed by atoms with E-state index in [0.29, 0.717) is 5.56 Å². The average Bonchev–Trinajstić information content (AvgIpc) is 2.47. The molecule has 0 atom stereocenters. The van der Waals surface area contributed by atoms with Crippen LogP contribution in [0.15, 0.2) is 29.2 Å². The number of nitrogens with one attached hydrogen (secondary N) is 1. The molecule has 6 nitrogen and oxygen atoms in total. The van der Waals surface area contributed by atoms with E-state index in [4.69, 9.17) is 15.5 Å². The predicted octanol–water partition coefficient (Wildman–Crippen LogP) is -0.335. The molecule has 0 saturated carbocycles. The fourth-order valence-corrected chi connectivity index (χ4v) is 2.66. The maximum atomic E-state index is 12.0. The highest BCUT2D eigenvalue weighted by Gasteiger charge is 2.22. The van der Waals surface area contributed by atoms with Crippen LogP contribution in [0.25, 0.3) is 0 Å². The number of nitrogens with zero attached hydrogens (tertiary/aromatic N) is 1. The second kappa shape index (κ2) is 6.81. The monoisotopic (exact) mass is 298 g/mol. The molecule has 0 aliphatic heterocycles. The van der Waals surface area contributed by atoms with Crippen molar-refractivity contribution in [2.75, 3.05) is 25.5 Å². The third kappa shape index (κ3) is 4.28. The van der Waals surface area contributed by atoms with Crippen LogP contribution in [0.5, 0.6) is 0 Å². The zero-order chi connectivity index (χ0) is 15.2. The molecule has 0 heterocycles. The summed E-state index contributed by atoms with van der Waals surface area (Å²) in [7, 11) is -3.46. The molecule has 0 aromatic heterocycles. The van der Waals surface area contributed by atoms with E-state index in [2.05, 4.69) is 5.32 Å². The van der Waals surface area contributed by atoms with Crippen molar-refractivity contribution in [2.45, 2.75) is 17.4 Å². The summed E-state index contributed by atoms with van der Waals surface area (Å²) in [5, 5.41) is 29.6. The minimum absolute atomic E-state index is 0.111. The number of sulfone groups is 1. The lowest BCUT2D eigenvalue weighted by Gasteiger charge is -2.26. The Labute approximate surface area is 118 Å². The first-order valence-electron chi connectivity index (χ1n) is 6.06. The molecule has 0 aliphatic carbocycles. The van der Waals surface area contributed by atoms with Crippen molar-refractivity contribution in [1.29, 1.82) is 5.26 Å². The molecule has 1 aromatic carbocycles. The van der Waals surface area contributed by atoms with Crippen LogP contribution in [-0.4, -0.2) is 49.7 Å². The Balaban J connectivity index is 2.68. The molecule has 110 valence electrons. The SMILES string of the molecule is CC(CO)(CO)NCCS(=O)(=O)c1ccc(C#N)cc1. The molecule has 1 aromatic rings. The highest BCUT2D eigenvalue weighted by molar-refractivity contribution is 7.91. The minimum atomic E-state index is -3.46. The molecule has 0 fully saturated rings. The van der Waals surface area contributed by atoms with Gasteiger partial charge in [0, 0.05) is 6.54 Å². The molecule has 0 spiro atoms. The lowest BCUT2D eigenvalue weighted by molar-refractivity contribution is 0.106. The molecule has 3 N–H and O–H groups in total. The summed E-state index contributed by atoms with van der Waals surface area (Å²) in [5.74, 6) is -0.158. The van der Waals surface area contributed by atoms with Gasteiger partial charge < -0.3 is 15.5 Å². The molecule has 7 heteroatoms. The average molecular weight is 298 g/mol. The maximum absolute atomic E-state index is 12.0. The first-order chi connectivity index (χ1) is 9.37. The molecule has 0 unspecified atom stereocenters. The predicted molar refractivity (Wildman–Crippen MR) is 73.8 cm³/mol. The van der Waals surface area contributed by atoms with Crippen molar-refractivity contribution in [3.05, 3.63) is 29.8 Å². The van der Waals surface area contributed by atoms with Crippen LogP contribution < -0.4 is 5.32 Å². The van der Waals surface area contributed by atoms with Gasteiger partial charge in [0.25, 0.3) is 0 Å². The Morgan fingerprint density at radius 1 is 1.25 bits per heavy atom. The van der Waals surface area contributed by atoms with Crippen molar-refractivity contribution in [3.8, 4) is 6.07 Å². The van der Waals surface area contributed by atoms with Gasteiger partial charge in [0.15, 0.2) is 9.84 Å². The summed E-state index contributed by atoms with van der Waals surface area (Å²) in [6, 6.07) is 7.61. The quantitative estimate of drug-likeness (QED) is 0.635. The van der Waals surface area contributed by atoms with Crippen LogP contribution >= 0.6 is 0 Å². The third-order valence-electron chi connectivity index (χ3n) is 2.96. The van der Waals surface area contributed by atoms with Crippen LogP contribution in [0, 0.1) is 11.3 Å². The Hall–Kier alpha value is -1.46. The molecular weight excluding hydrogens is 280 g/mol. The van der Waals surface area contributed by atoms with Gasteiger partial charge in [0.05, 0.1) is 41.0 Å². The summed E-state index contributed by atoms with van der Waals surface area (Å²) in [5.41, 5.74) is -0.504. The standard InChI is InChI=1S/C13H18N2O4S/c1-13(9-16,10-17)15-6-7-20(18,19)12-4-2-11(8-14)3-5-12/h2-5,15-17H,6-7,9-10H2,1H3. The van der Waals surface area contributed by atoms with E-state index in [1.54, 1.807) is 6.92 Å². The normalized spacial score (nSPS) is 12.1. The van der Waals surface area contributed by atoms with Gasteiger partial charge in [-0.2, -0.15) is 5.26 Å². The van der Waals surface area contributed by atoms with Crippen molar-refractivity contribution < 1.29 is 18.6 Å². The van der Waals surface area contributed by atoms with Crippen molar-refractivity contribution in [1.82, 2.24) is 5.32 Å². The van der Waals surface area contributed by atoms with E-state index in [0.717, 1.165) is 0 Å². The van der Waals surface area contributed by atoms with Gasteiger partial charge in [-0.25, -0.2) is 8.42 Å².